The van der Waals surface area contributed by atoms with Gasteiger partial charge in [0, 0.05) is 18.9 Å². The predicted octanol–water partition coefficient (Wildman–Crippen LogP) is 3.91. The lowest BCUT2D eigenvalue weighted by molar-refractivity contribution is 0.614. The van der Waals surface area contributed by atoms with Crippen LogP contribution >= 0.6 is 23.1 Å². The number of aryl methyl sites for hydroxylation is 1. The average Bonchev–Trinajstić information content (AvgIpc) is 3.11. The molecule has 1 N–H and O–H groups in total. The third-order valence-electron chi connectivity index (χ3n) is 3.31. The lowest BCUT2D eigenvalue weighted by atomic mass is 10.2. The molecule has 0 amide bonds. The summed E-state index contributed by atoms with van der Waals surface area (Å²) in [6, 6.07) is 6.97. The molecule has 3 rings (SSSR count). The Morgan fingerprint density at radius 2 is 2.30 bits per heavy atom. The summed E-state index contributed by atoms with van der Waals surface area (Å²) in [6.45, 7) is 2.18. The Morgan fingerprint density at radius 1 is 1.48 bits per heavy atom. The normalized spacial score (nSPS) is 10.5. The van der Waals surface area contributed by atoms with Gasteiger partial charge in [0.1, 0.15) is 28.3 Å². The van der Waals surface area contributed by atoms with Gasteiger partial charge in [-0.1, -0.05) is 17.7 Å². The smallest absolute Gasteiger partial charge is 0.162 e. The third-order valence-corrected chi connectivity index (χ3v) is 4.49. The van der Waals surface area contributed by atoms with Crippen molar-refractivity contribution in [3.63, 3.8) is 0 Å². The van der Waals surface area contributed by atoms with Crippen molar-refractivity contribution in [3.05, 3.63) is 58.5 Å². The van der Waals surface area contributed by atoms with Crippen molar-refractivity contribution >= 4 is 28.1 Å². The molecule has 0 spiro atoms. The van der Waals surface area contributed by atoms with Crippen LogP contribution < -0.4 is 5.32 Å². The van der Waals surface area contributed by atoms with Gasteiger partial charge in [0.2, 0.25) is 0 Å². The highest BCUT2D eigenvalue weighted by Gasteiger charge is 2.12. The van der Waals surface area contributed by atoms with Gasteiger partial charge < -0.3 is 9.88 Å². The minimum Gasteiger partial charge on any atom is -0.370 e. The predicted molar refractivity (Wildman–Crippen MR) is 87.4 cm³/mol. The summed E-state index contributed by atoms with van der Waals surface area (Å²) in [5.74, 6) is 0.376. The number of nitriles is 1. The summed E-state index contributed by atoms with van der Waals surface area (Å²) in [5.41, 5.74) is 1.50. The van der Waals surface area contributed by atoms with Gasteiger partial charge in [-0.25, -0.2) is 9.37 Å². The van der Waals surface area contributed by atoms with Crippen molar-refractivity contribution in [3.8, 4) is 11.8 Å². The van der Waals surface area contributed by atoms with E-state index < -0.39 is 0 Å². The number of rotatable bonds is 4. The molecule has 0 saturated heterocycles. The Morgan fingerprint density at radius 3 is 2.96 bits per heavy atom. The quantitative estimate of drug-likeness (QED) is 0.777. The summed E-state index contributed by atoms with van der Waals surface area (Å²) in [4.78, 5) is 4.09. The van der Waals surface area contributed by atoms with Crippen LogP contribution in [0, 0.1) is 24.1 Å². The Kier molecular flexibility index (Phi) is 4.28. The largest absolute Gasteiger partial charge is 0.370 e. The van der Waals surface area contributed by atoms with E-state index in [1.54, 1.807) is 23.0 Å². The molecular weight excluding hydrogens is 337 g/mol. The topological polar surface area (TPSA) is 66.5 Å². The van der Waals surface area contributed by atoms with Gasteiger partial charge in [-0.3, -0.25) is 0 Å². The SMILES string of the molecule is Cc1nccn1-c1ccc(CNc2snc(Cl)c2C#N)cc1F. The van der Waals surface area contributed by atoms with E-state index in [0.29, 0.717) is 28.6 Å². The fourth-order valence-corrected chi connectivity index (χ4v) is 3.09. The molecular formula is C15H11ClFN5S. The summed E-state index contributed by atoms with van der Waals surface area (Å²) in [7, 11) is 0. The van der Waals surface area contributed by atoms with Crippen LogP contribution in [-0.4, -0.2) is 13.9 Å². The molecule has 0 fully saturated rings. The molecule has 3 aromatic rings. The highest BCUT2D eigenvalue weighted by atomic mass is 35.5. The van der Waals surface area contributed by atoms with E-state index in [1.807, 2.05) is 19.1 Å². The molecule has 0 bridgehead atoms. The van der Waals surface area contributed by atoms with Crippen molar-refractivity contribution in [2.45, 2.75) is 13.5 Å². The zero-order chi connectivity index (χ0) is 16.4. The van der Waals surface area contributed by atoms with E-state index in [1.165, 1.54) is 6.07 Å². The molecule has 5 nitrogen and oxygen atoms in total. The lowest BCUT2D eigenvalue weighted by Crippen LogP contribution is -2.03. The number of aromatic nitrogens is 3. The zero-order valence-electron chi connectivity index (χ0n) is 12.0. The van der Waals surface area contributed by atoms with E-state index in [4.69, 9.17) is 16.9 Å². The number of halogens is 2. The van der Waals surface area contributed by atoms with Crippen LogP contribution in [0.15, 0.2) is 30.6 Å². The number of anilines is 1. The molecule has 2 aromatic heterocycles. The fraction of sp³-hybridized carbons (Fsp3) is 0.133. The van der Waals surface area contributed by atoms with Crippen molar-refractivity contribution in [2.24, 2.45) is 0 Å². The first-order valence-electron chi connectivity index (χ1n) is 6.68. The second-order valence-electron chi connectivity index (χ2n) is 4.77. The first-order chi connectivity index (χ1) is 11.1. The van der Waals surface area contributed by atoms with E-state index in [0.717, 1.165) is 17.1 Å². The summed E-state index contributed by atoms with van der Waals surface area (Å²) in [6.07, 6.45) is 3.34. The number of hydrogen-bond donors (Lipinski definition) is 1. The Balaban J connectivity index is 1.79. The highest BCUT2D eigenvalue weighted by molar-refractivity contribution is 7.10. The molecule has 0 radical (unpaired) electrons. The number of imidazole rings is 1. The van der Waals surface area contributed by atoms with Crippen molar-refractivity contribution in [1.29, 1.82) is 5.26 Å². The molecule has 23 heavy (non-hydrogen) atoms. The molecule has 0 aliphatic rings. The zero-order valence-corrected chi connectivity index (χ0v) is 13.6. The molecule has 2 heterocycles. The van der Waals surface area contributed by atoms with E-state index in [9.17, 15) is 4.39 Å². The lowest BCUT2D eigenvalue weighted by Gasteiger charge is -2.09. The van der Waals surface area contributed by atoms with Crippen LogP contribution in [0.2, 0.25) is 5.15 Å². The third kappa shape index (κ3) is 3.04. The molecule has 0 aliphatic heterocycles. The van der Waals surface area contributed by atoms with Gasteiger partial charge in [-0.05, 0) is 36.2 Å². The van der Waals surface area contributed by atoms with Crippen molar-refractivity contribution in [1.82, 2.24) is 13.9 Å². The van der Waals surface area contributed by atoms with E-state index >= 15 is 0 Å². The molecule has 8 heteroatoms. The van der Waals surface area contributed by atoms with Gasteiger partial charge in [0.15, 0.2) is 5.15 Å². The molecule has 0 aliphatic carbocycles. The highest BCUT2D eigenvalue weighted by Crippen LogP contribution is 2.28. The van der Waals surface area contributed by atoms with Gasteiger partial charge in [-0.2, -0.15) is 9.64 Å². The Hall–Kier alpha value is -2.43. The van der Waals surface area contributed by atoms with Crippen LogP contribution in [0.5, 0.6) is 0 Å². The Bertz CT molecular complexity index is 896. The maximum Gasteiger partial charge on any atom is 0.162 e. The second kappa shape index (κ2) is 6.36. The fourth-order valence-electron chi connectivity index (χ4n) is 2.16. The molecule has 1 aromatic carbocycles. The van der Waals surface area contributed by atoms with Crippen LogP contribution in [0.3, 0.4) is 0 Å². The van der Waals surface area contributed by atoms with Gasteiger partial charge in [0.25, 0.3) is 0 Å². The number of nitrogens with zero attached hydrogens (tertiary/aromatic N) is 4. The van der Waals surface area contributed by atoms with Gasteiger partial charge >= 0.3 is 0 Å². The van der Waals surface area contributed by atoms with Crippen LogP contribution in [-0.2, 0) is 6.54 Å². The van der Waals surface area contributed by atoms with Gasteiger partial charge in [-0.15, -0.1) is 0 Å². The second-order valence-corrected chi connectivity index (χ2v) is 5.90. The number of nitrogens with one attached hydrogen (secondary N) is 1. The minimum absolute atomic E-state index is 0.178. The minimum atomic E-state index is -0.340. The standard InChI is InChI=1S/C15H11ClFN5S/c1-9-19-4-5-22(9)13-3-2-10(6-12(13)17)8-20-15-11(7-18)14(16)21-23-15/h2-6,20H,8H2,1H3. The first-order valence-corrected chi connectivity index (χ1v) is 7.83. The average molecular weight is 348 g/mol. The monoisotopic (exact) mass is 347 g/mol. The maximum atomic E-state index is 14.3. The number of hydrogen-bond acceptors (Lipinski definition) is 5. The van der Waals surface area contributed by atoms with Crippen LogP contribution in [0.1, 0.15) is 17.0 Å². The summed E-state index contributed by atoms with van der Waals surface area (Å²) < 4.78 is 19.9. The molecule has 0 atom stereocenters. The Labute approximate surface area is 141 Å². The van der Waals surface area contributed by atoms with Crippen molar-refractivity contribution < 1.29 is 4.39 Å². The van der Waals surface area contributed by atoms with Crippen molar-refractivity contribution in [2.75, 3.05) is 5.32 Å². The summed E-state index contributed by atoms with van der Waals surface area (Å²) >= 11 is 6.92. The van der Waals surface area contributed by atoms with E-state index in [2.05, 4.69) is 14.7 Å². The van der Waals surface area contributed by atoms with Crippen LogP contribution in [0.25, 0.3) is 5.69 Å². The molecule has 0 saturated carbocycles. The number of benzene rings is 1. The summed E-state index contributed by atoms with van der Waals surface area (Å²) in [5, 5.41) is 12.8. The van der Waals surface area contributed by atoms with E-state index in [-0.39, 0.29) is 11.0 Å². The molecule has 0 unspecified atom stereocenters. The van der Waals surface area contributed by atoms with Crippen LogP contribution in [0.4, 0.5) is 9.39 Å². The molecule has 116 valence electrons. The first kappa shape index (κ1) is 15.5. The van der Waals surface area contributed by atoms with Gasteiger partial charge in [0.05, 0.1) is 5.69 Å². The maximum absolute atomic E-state index is 14.3.